The topological polar surface area (TPSA) is 167 Å². The summed E-state index contributed by atoms with van der Waals surface area (Å²) in [5.74, 6) is -4.88. The molecule has 0 unspecified atom stereocenters. The Morgan fingerprint density at radius 3 is 2.38 bits per heavy atom. The highest BCUT2D eigenvalue weighted by atomic mass is 32.2. The van der Waals surface area contributed by atoms with Gasteiger partial charge in [-0.1, -0.05) is 30.3 Å². The van der Waals surface area contributed by atoms with Crippen LogP contribution in [-0.2, 0) is 26.1 Å². The van der Waals surface area contributed by atoms with Crippen LogP contribution in [0.1, 0.15) is 17.5 Å². The van der Waals surface area contributed by atoms with E-state index >= 15 is 0 Å². The minimum Gasteiger partial charge on any atom is -0.507 e. The number of hydrogen-bond acceptors (Lipinski definition) is 10. The fraction of sp³-hybridized carbons (Fsp3) is 0.308. The van der Waals surface area contributed by atoms with E-state index in [9.17, 15) is 33.3 Å². The zero-order valence-corrected chi connectivity index (χ0v) is 20.9. The van der Waals surface area contributed by atoms with Crippen LogP contribution in [0.5, 0.6) is 5.75 Å². The van der Waals surface area contributed by atoms with Crippen LogP contribution < -0.4 is 9.92 Å². The predicted molar refractivity (Wildman–Crippen MR) is 132 cm³/mol. The average molecular weight is 527 g/mol. The largest absolute Gasteiger partial charge is 0.507 e. The van der Waals surface area contributed by atoms with Gasteiger partial charge in [-0.05, 0) is 56.6 Å². The molecule has 3 aliphatic rings. The second-order valence-corrected chi connectivity index (χ2v) is 11.3. The lowest BCUT2D eigenvalue weighted by atomic mass is 9.58. The Kier molecular flexibility index (Phi) is 5.70. The maximum absolute atomic E-state index is 13.8. The van der Waals surface area contributed by atoms with Crippen molar-refractivity contribution in [3.8, 4) is 5.75 Å². The molecule has 0 aliphatic heterocycles. The maximum atomic E-state index is 13.8. The Balaban J connectivity index is 1.64. The lowest BCUT2D eigenvalue weighted by Gasteiger charge is -2.50. The lowest BCUT2D eigenvalue weighted by molar-refractivity contribution is -0.153. The summed E-state index contributed by atoms with van der Waals surface area (Å²) < 4.78 is 31.1. The van der Waals surface area contributed by atoms with Crippen molar-refractivity contribution in [3.05, 3.63) is 76.7 Å². The van der Waals surface area contributed by atoms with E-state index in [1.165, 1.54) is 23.1 Å². The molecule has 1 fully saturated rings. The van der Waals surface area contributed by atoms with E-state index in [0.29, 0.717) is 5.56 Å². The Hall–Kier alpha value is -3.67. The summed E-state index contributed by atoms with van der Waals surface area (Å²) in [5.41, 5.74) is 3.03. The summed E-state index contributed by atoms with van der Waals surface area (Å²) in [6.45, 7) is 0. The van der Waals surface area contributed by atoms with Gasteiger partial charge in [0.1, 0.15) is 16.4 Å². The highest BCUT2D eigenvalue weighted by Gasteiger charge is 2.63. The molecule has 2 aromatic carbocycles. The van der Waals surface area contributed by atoms with Crippen LogP contribution in [0.2, 0.25) is 0 Å². The molecule has 2 aromatic rings. The Morgan fingerprint density at radius 2 is 1.73 bits per heavy atom. The maximum Gasteiger partial charge on any atom is 0.339 e. The highest BCUT2D eigenvalue weighted by Crippen LogP contribution is 2.52. The third kappa shape index (κ3) is 3.57. The number of fused-ring (bicyclic) bond motifs is 3. The zero-order chi connectivity index (χ0) is 26.9. The van der Waals surface area contributed by atoms with E-state index in [-0.39, 0.29) is 34.6 Å². The van der Waals surface area contributed by atoms with Gasteiger partial charge in [0.15, 0.2) is 22.9 Å². The fourth-order valence-electron chi connectivity index (χ4n) is 5.78. The average Bonchev–Trinajstić information content (AvgIpc) is 2.85. The Morgan fingerprint density at radius 1 is 1.05 bits per heavy atom. The number of benzene rings is 2. The monoisotopic (exact) mass is 526 g/mol. The van der Waals surface area contributed by atoms with Crippen LogP contribution >= 0.6 is 0 Å². The summed E-state index contributed by atoms with van der Waals surface area (Å²) in [7, 11) is -1.04. The molecule has 0 amide bonds. The first kappa shape index (κ1) is 25.0. The summed E-state index contributed by atoms with van der Waals surface area (Å²) >= 11 is 0. The molecule has 0 heterocycles. The van der Waals surface area contributed by atoms with Gasteiger partial charge in [0.05, 0.1) is 11.6 Å². The van der Waals surface area contributed by atoms with E-state index in [2.05, 4.69) is 0 Å². The number of nitrogens with zero attached hydrogens (tertiary/aromatic N) is 1. The molecule has 11 heteroatoms. The standard InChI is InChI=1S/C26H26N2O8S/c1-28(2)21-16-12-14-11-13-7-6-10-17(36-37(34,35)15-8-4-3-5-9-15)18(13)22(29)19(14)24(31)26(16,33)25(32)20(27)23(21)30/h3-10,14,16,21,29,32-33H,11-12,27H2,1-2H3/t14-,16-,21-,26-/m0/s1. The van der Waals surface area contributed by atoms with Crippen LogP contribution in [0.3, 0.4) is 0 Å². The van der Waals surface area contributed by atoms with Gasteiger partial charge in [0.25, 0.3) is 0 Å². The number of likely N-dealkylation sites (N-methyl/N-ethyl adjacent to an activating group) is 1. The molecule has 0 bridgehead atoms. The van der Waals surface area contributed by atoms with Crippen molar-refractivity contribution in [2.75, 3.05) is 14.1 Å². The first-order chi connectivity index (χ1) is 17.4. The number of aliphatic hydroxyl groups is 3. The van der Waals surface area contributed by atoms with Crippen molar-refractivity contribution < 1.29 is 37.5 Å². The number of Topliss-reactive ketones (excluding diaryl/α,β-unsaturated/α-hetero) is 2. The number of aliphatic hydroxyl groups excluding tert-OH is 2. The molecule has 4 atom stereocenters. The zero-order valence-electron chi connectivity index (χ0n) is 20.1. The van der Waals surface area contributed by atoms with E-state index < -0.39 is 62.4 Å². The molecule has 5 N–H and O–H groups in total. The third-order valence-electron chi connectivity index (χ3n) is 7.46. The minimum absolute atomic E-state index is 0.0103. The molecule has 0 aromatic heterocycles. The molecule has 3 aliphatic carbocycles. The predicted octanol–water partition coefficient (Wildman–Crippen LogP) is 1.46. The van der Waals surface area contributed by atoms with Crippen molar-refractivity contribution in [2.24, 2.45) is 17.6 Å². The van der Waals surface area contributed by atoms with Crippen LogP contribution in [0.25, 0.3) is 5.76 Å². The number of hydrogen-bond donors (Lipinski definition) is 4. The van der Waals surface area contributed by atoms with Gasteiger partial charge in [0.2, 0.25) is 5.78 Å². The van der Waals surface area contributed by atoms with Crippen molar-refractivity contribution in [1.82, 2.24) is 4.90 Å². The molecule has 0 radical (unpaired) electrons. The van der Waals surface area contributed by atoms with Crippen molar-refractivity contribution >= 4 is 27.4 Å². The van der Waals surface area contributed by atoms with Gasteiger partial charge in [-0.15, -0.1) is 0 Å². The molecule has 0 spiro atoms. The van der Waals surface area contributed by atoms with Crippen molar-refractivity contribution in [3.63, 3.8) is 0 Å². The minimum atomic E-state index is -4.26. The summed E-state index contributed by atoms with van der Waals surface area (Å²) in [4.78, 5) is 28.1. The molecular weight excluding hydrogens is 500 g/mol. The first-order valence-electron chi connectivity index (χ1n) is 11.6. The van der Waals surface area contributed by atoms with Crippen molar-refractivity contribution in [2.45, 2.75) is 29.4 Å². The smallest absolute Gasteiger partial charge is 0.339 e. The number of ketones is 2. The lowest BCUT2D eigenvalue weighted by Crippen LogP contribution is -2.65. The van der Waals surface area contributed by atoms with E-state index in [1.54, 1.807) is 44.4 Å². The second kappa shape index (κ2) is 8.44. The van der Waals surface area contributed by atoms with Crippen LogP contribution in [-0.4, -0.2) is 65.9 Å². The van der Waals surface area contributed by atoms with Gasteiger partial charge >= 0.3 is 10.1 Å². The number of nitrogens with two attached hydrogens (primary N) is 1. The number of carbonyl (C=O) groups excluding carboxylic acids is 2. The molecule has 194 valence electrons. The first-order valence-corrected chi connectivity index (χ1v) is 13.0. The van der Waals surface area contributed by atoms with E-state index in [1.807, 2.05) is 0 Å². The van der Waals surface area contributed by atoms with Gasteiger partial charge < -0.3 is 25.2 Å². The van der Waals surface area contributed by atoms with Gasteiger partial charge in [-0.2, -0.15) is 8.42 Å². The van der Waals surface area contributed by atoms with Crippen LogP contribution in [0, 0.1) is 11.8 Å². The van der Waals surface area contributed by atoms with Gasteiger partial charge in [0, 0.05) is 11.5 Å². The third-order valence-corrected chi connectivity index (χ3v) is 8.71. The quantitative estimate of drug-likeness (QED) is 0.428. The summed E-state index contributed by atoms with van der Waals surface area (Å²) in [5, 5.41) is 33.6. The van der Waals surface area contributed by atoms with E-state index in [0.717, 1.165) is 0 Å². The SMILES string of the molecule is CN(C)[C@@H]1C(=O)C(N)=C(O)[C@@]2(O)C(=O)C3=C(O)c4c(cccc4OS(=O)(=O)c4ccccc4)C[C@H]3C[C@@H]12. The Labute approximate surface area is 213 Å². The molecule has 10 nitrogen and oxygen atoms in total. The number of carbonyl (C=O) groups is 2. The molecule has 1 saturated carbocycles. The van der Waals surface area contributed by atoms with Crippen LogP contribution in [0.15, 0.2) is 70.5 Å². The second-order valence-electron chi connectivity index (χ2n) is 9.78. The molecule has 37 heavy (non-hydrogen) atoms. The van der Waals surface area contributed by atoms with Gasteiger partial charge in [-0.25, -0.2) is 0 Å². The molecule has 5 rings (SSSR count). The number of rotatable bonds is 4. The fourth-order valence-corrected chi connectivity index (χ4v) is 6.74. The molecular formula is C26H26N2O8S. The molecule has 0 saturated heterocycles. The Bertz CT molecular complexity index is 1500. The summed E-state index contributed by atoms with van der Waals surface area (Å²) in [6.07, 6.45) is 0.296. The summed E-state index contributed by atoms with van der Waals surface area (Å²) in [6, 6.07) is 11.1. The van der Waals surface area contributed by atoms with Gasteiger partial charge in [-0.3, -0.25) is 14.5 Å². The van der Waals surface area contributed by atoms with E-state index in [4.69, 9.17) is 9.92 Å². The van der Waals surface area contributed by atoms with Crippen molar-refractivity contribution in [1.29, 1.82) is 0 Å². The highest BCUT2D eigenvalue weighted by molar-refractivity contribution is 7.87. The normalized spacial score (nSPS) is 27.6. The van der Waals surface area contributed by atoms with Crippen LogP contribution in [0.4, 0.5) is 0 Å².